The Labute approximate surface area is 131 Å². The smallest absolute Gasteiger partial charge is 0.243 e. The molecule has 1 aliphatic heterocycles. The number of benzene rings is 1. The van der Waals surface area contributed by atoms with Crippen molar-refractivity contribution >= 4 is 10.0 Å². The van der Waals surface area contributed by atoms with Gasteiger partial charge in [-0.2, -0.15) is 4.31 Å². The van der Waals surface area contributed by atoms with Crippen LogP contribution in [0.4, 0.5) is 0 Å². The topological polar surface area (TPSA) is 89.9 Å². The Morgan fingerprint density at radius 1 is 1.36 bits per heavy atom. The lowest BCUT2D eigenvalue weighted by Gasteiger charge is -2.42. The number of hydrogen-bond donors (Lipinski definition) is 3. The van der Waals surface area contributed by atoms with Crippen molar-refractivity contribution in [2.45, 2.75) is 36.4 Å². The minimum Gasteiger partial charge on any atom is -0.390 e. The van der Waals surface area contributed by atoms with Crippen LogP contribution in [0.3, 0.4) is 0 Å². The first-order chi connectivity index (χ1) is 10.4. The van der Waals surface area contributed by atoms with Crippen LogP contribution in [0.5, 0.6) is 0 Å². The summed E-state index contributed by atoms with van der Waals surface area (Å²) >= 11 is 0. The Hall–Kier alpha value is -0.990. The van der Waals surface area contributed by atoms with E-state index < -0.39 is 21.7 Å². The summed E-state index contributed by atoms with van der Waals surface area (Å²) in [6.07, 6.45) is 0.188. The lowest BCUT2D eigenvalue weighted by molar-refractivity contribution is -0.104. The summed E-state index contributed by atoms with van der Waals surface area (Å²) in [6, 6.07) is 8.16. The molecule has 1 heterocycles. The van der Waals surface area contributed by atoms with Crippen molar-refractivity contribution in [1.82, 2.24) is 9.62 Å². The molecule has 0 bridgehead atoms. The quantitative estimate of drug-likeness (QED) is 0.648. The fourth-order valence-corrected chi connectivity index (χ4v) is 4.17. The zero-order chi connectivity index (χ0) is 16.2. The van der Waals surface area contributed by atoms with Gasteiger partial charge >= 0.3 is 0 Å². The average Bonchev–Trinajstić information content (AvgIpc) is 2.51. The molecule has 22 heavy (non-hydrogen) atoms. The number of sulfonamides is 1. The van der Waals surface area contributed by atoms with Crippen molar-refractivity contribution in [3.63, 3.8) is 0 Å². The van der Waals surface area contributed by atoms with Crippen molar-refractivity contribution in [2.24, 2.45) is 0 Å². The minimum absolute atomic E-state index is 0.109. The fourth-order valence-electron chi connectivity index (χ4n) is 2.63. The van der Waals surface area contributed by atoms with Crippen molar-refractivity contribution in [3.05, 3.63) is 30.3 Å². The third kappa shape index (κ3) is 3.67. The third-order valence-corrected chi connectivity index (χ3v) is 5.82. The average molecular weight is 328 g/mol. The number of aliphatic hydroxyl groups is 2. The molecule has 1 fully saturated rings. The Kier molecular flexibility index (Phi) is 5.57. The van der Waals surface area contributed by atoms with E-state index in [4.69, 9.17) is 0 Å². The second-order valence-electron chi connectivity index (χ2n) is 5.74. The highest BCUT2D eigenvalue weighted by Gasteiger charge is 2.44. The summed E-state index contributed by atoms with van der Waals surface area (Å²) in [5.74, 6) is 0. The van der Waals surface area contributed by atoms with Crippen LogP contribution in [0, 0.1) is 0 Å². The zero-order valence-electron chi connectivity index (χ0n) is 12.8. The SMILES string of the molecule is CCCNC[C@]1(O)CN(S(=O)(=O)c2ccccc2)CC[C@H]1O. The molecule has 0 radical (unpaired) electrons. The maximum Gasteiger partial charge on any atom is 0.243 e. The number of nitrogens with one attached hydrogen (secondary N) is 1. The van der Waals surface area contributed by atoms with Crippen LogP contribution in [0.25, 0.3) is 0 Å². The molecule has 1 saturated heterocycles. The van der Waals surface area contributed by atoms with E-state index in [1.54, 1.807) is 18.2 Å². The van der Waals surface area contributed by atoms with Crippen molar-refractivity contribution in [1.29, 1.82) is 0 Å². The molecule has 0 spiro atoms. The molecule has 6 nitrogen and oxygen atoms in total. The monoisotopic (exact) mass is 328 g/mol. The number of piperidine rings is 1. The maximum atomic E-state index is 12.6. The van der Waals surface area contributed by atoms with Gasteiger partial charge in [-0.1, -0.05) is 25.1 Å². The largest absolute Gasteiger partial charge is 0.390 e. The predicted octanol–water partition coefficient (Wildman–Crippen LogP) is 0.173. The first-order valence-corrected chi connectivity index (χ1v) is 9.00. The summed E-state index contributed by atoms with van der Waals surface area (Å²) in [5, 5.41) is 23.8. The Morgan fingerprint density at radius 3 is 2.68 bits per heavy atom. The van der Waals surface area contributed by atoms with Crippen LogP contribution in [-0.2, 0) is 10.0 Å². The summed E-state index contributed by atoms with van der Waals surface area (Å²) in [5.41, 5.74) is -1.46. The zero-order valence-corrected chi connectivity index (χ0v) is 13.6. The van der Waals surface area contributed by atoms with Crippen molar-refractivity contribution < 1.29 is 18.6 Å². The molecule has 3 N–H and O–H groups in total. The minimum atomic E-state index is -3.65. The van der Waals surface area contributed by atoms with Crippen LogP contribution in [-0.4, -0.2) is 60.8 Å². The molecule has 7 heteroatoms. The highest BCUT2D eigenvalue weighted by atomic mass is 32.2. The molecule has 1 aliphatic rings. The molecular weight excluding hydrogens is 304 g/mol. The highest BCUT2D eigenvalue weighted by Crippen LogP contribution is 2.26. The molecular formula is C15H24N2O4S. The molecule has 1 aromatic rings. The second-order valence-corrected chi connectivity index (χ2v) is 7.67. The Bertz CT molecular complexity index is 578. The Balaban J connectivity index is 2.16. The van der Waals surface area contributed by atoms with Gasteiger partial charge in [-0.25, -0.2) is 8.42 Å². The molecule has 2 atom stereocenters. The summed E-state index contributed by atoms with van der Waals surface area (Å²) in [7, 11) is -3.65. The van der Waals surface area contributed by atoms with E-state index in [1.807, 2.05) is 6.92 Å². The fraction of sp³-hybridized carbons (Fsp3) is 0.600. The lowest BCUT2D eigenvalue weighted by atomic mass is 9.91. The van der Waals surface area contributed by atoms with E-state index >= 15 is 0 Å². The molecule has 0 amide bonds. The van der Waals surface area contributed by atoms with Gasteiger partial charge in [0.25, 0.3) is 0 Å². The first kappa shape index (κ1) is 17.4. The van der Waals surface area contributed by atoms with E-state index in [2.05, 4.69) is 5.32 Å². The normalized spacial score (nSPS) is 27.0. The molecule has 2 rings (SSSR count). The number of β-amino-alcohol motifs (C(OH)–C–C–N with tert-alkyl or cyclic N) is 1. The highest BCUT2D eigenvalue weighted by molar-refractivity contribution is 7.89. The Morgan fingerprint density at radius 2 is 2.05 bits per heavy atom. The lowest BCUT2D eigenvalue weighted by Crippen LogP contribution is -2.62. The number of hydrogen-bond acceptors (Lipinski definition) is 5. The van der Waals surface area contributed by atoms with Gasteiger partial charge in [0.15, 0.2) is 0 Å². The molecule has 124 valence electrons. The van der Waals surface area contributed by atoms with Gasteiger partial charge in [0.2, 0.25) is 10.0 Å². The van der Waals surface area contributed by atoms with Gasteiger partial charge in [-0.05, 0) is 31.5 Å². The molecule has 0 aliphatic carbocycles. The summed E-state index contributed by atoms with van der Waals surface area (Å²) in [4.78, 5) is 0.204. The molecule has 0 aromatic heterocycles. The van der Waals surface area contributed by atoms with Gasteiger partial charge in [0, 0.05) is 19.6 Å². The van der Waals surface area contributed by atoms with E-state index in [0.717, 1.165) is 6.42 Å². The molecule has 0 unspecified atom stereocenters. The standard InChI is InChI=1S/C15H24N2O4S/c1-2-9-16-11-15(19)12-17(10-8-14(15)18)22(20,21)13-6-4-3-5-7-13/h3-7,14,16,18-19H,2,8-12H2,1H3/t14-,15+/m1/s1. The first-order valence-electron chi connectivity index (χ1n) is 7.56. The third-order valence-electron chi connectivity index (χ3n) is 3.96. The van der Waals surface area contributed by atoms with Crippen LogP contribution >= 0.6 is 0 Å². The summed E-state index contributed by atoms with van der Waals surface area (Å²) in [6.45, 7) is 2.97. The van der Waals surface area contributed by atoms with Gasteiger partial charge in [-0.3, -0.25) is 0 Å². The van der Waals surface area contributed by atoms with E-state index in [9.17, 15) is 18.6 Å². The van der Waals surface area contributed by atoms with E-state index in [-0.39, 0.29) is 31.0 Å². The van der Waals surface area contributed by atoms with Gasteiger partial charge in [-0.15, -0.1) is 0 Å². The van der Waals surface area contributed by atoms with Gasteiger partial charge < -0.3 is 15.5 Å². The van der Waals surface area contributed by atoms with Crippen LogP contribution in [0.1, 0.15) is 19.8 Å². The van der Waals surface area contributed by atoms with Gasteiger partial charge in [0.1, 0.15) is 5.60 Å². The predicted molar refractivity (Wildman–Crippen MR) is 83.9 cm³/mol. The van der Waals surface area contributed by atoms with Crippen molar-refractivity contribution in [3.8, 4) is 0 Å². The van der Waals surface area contributed by atoms with Gasteiger partial charge in [0.05, 0.1) is 11.0 Å². The summed E-state index contributed by atoms with van der Waals surface area (Å²) < 4.78 is 26.5. The van der Waals surface area contributed by atoms with Crippen LogP contribution in [0.2, 0.25) is 0 Å². The maximum absolute atomic E-state index is 12.6. The van der Waals surface area contributed by atoms with E-state index in [1.165, 1.54) is 16.4 Å². The van der Waals surface area contributed by atoms with Crippen LogP contribution in [0.15, 0.2) is 35.2 Å². The number of nitrogens with zero attached hydrogens (tertiary/aromatic N) is 1. The van der Waals surface area contributed by atoms with Crippen LogP contribution < -0.4 is 5.32 Å². The number of rotatable bonds is 6. The number of aliphatic hydroxyl groups excluding tert-OH is 1. The molecule has 0 saturated carbocycles. The molecule has 1 aromatic carbocycles. The van der Waals surface area contributed by atoms with Crippen molar-refractivity contribution in [2.75, 3.05) is 26.2 Å². The second kappa shape index (κ2) is 7.06. The van der Waals surface area contributed by atoms with E-state index in [0.29, 0.717) is 6.54 Å².